The molecule has 1 N–H and O–H groups in total. The van der Waals surface area contributed by atoms with E-state index in [1.807, 2.05) is 13.8 Å². The van der Waals surface area contributed by atoms with Gasteiger partial charge in [0.05, 0.1) is 23.1 Å². The zero-order valence-electron chi connectivity index (χ0n) is 12.9. The average Bonchev–Trinajstić information content (AvgIpc) is 2.46. The van der Waals surface area contributed by atoms with E-state index in [1.165, 1.54) is 4.57 Å². The van der Waals surface area contributed by atoms with Crippen LogP contribution in [0.2, 0.25) is 0 Å². The van der Waals surface area contributed by atoms with Crippen LogP contribution in [0.15, 0.2) is 33.9 Å². The van der Waals surface area contributed by atoms with Crippen LogP contribution in [-0.4, -0.2) is 46.3 Å². The number of hydrogen-bond donors (Lipinski definition) is 1. The molecule has 2 aromatic rings. The second kappa shape index (κ2) is 6.06. The van der Waals surface area contributed by atoms with Crippen molar-refractivity contribution in [3.05, 3.63) is 45.1 Å². The Morgan fingerprint density at radius 2 is 1.82 bits per heavy atom. The van der Waals surface area contributed by atoms with Crippen LogP contribution in [0.25, 0.3) is 10.9 Å². The molecule has 0 amide bonds. The molecule has 1 aliphatic heterocycles. The molecule has 0 spiro atoms. The number of ether oxygens (including phenoxy) is 1. The minimum absolute atomic E-state index is 0.176. The molecule has 3 rings (SSSR count). The smallest absolute Gasteiger partial charge is 0.328 e. The quantitative estimate of drug-likeness (QED) is 0.911. The highest BCUT2D eigenvalue weighted by atomic mass is 16.5. The predicted octanol–water partition coefficient (Wildman–Crippen LogP) is 0.799. The summed E-state index contributed by atoms with van der Waals surface area (Å²) >= 11 is 0. The van der Waals surface area contributed by atoms with Gasteiger partial charge in [0.15, 0.2) is 0 Å². The number of hydrogen-bond acceptors (Lipinski definition) is 4. The van der Waals surface area contributed by atoms with Crippen LogP contribution in [0.1, 0.15) is 13.8 Å². The molecule has 1 aromatic heterocycles. The van der Waals surface area contributed by atoms with Gasteiger partial charge in [-0.05, 0) is 26.0 Å². The Morgan fingerprint density at radius 3 is 2.55 bits per heavy atom. The minimum atomic E-state index is -0.349. The third kappa shape index (κ3) is 2.98. The van der Waals surface area contributed by atoms with Gasteiger partial charge in [-0.1, -0.05) is 12.1 Å². The van der Waals surface area contributed by atoms with Crippen molar-refractivity contribution in [1.82, 2.24) is 14.5 Å². The van der Waals surface area contributed by atoms with E-state index in [0.717, 1.165) is 13.1 Å². The van der Waals surface area contributed by atoms with Crippen LogP contribution >= 0.6 is 0 Å². The van der Waals surface area contributed by atoms with Gasteiger partial charge in [0.2, 0.25) is 0 Å². The first-order chi connectivity index (χ1) is 10.5. The third-order valence-corrected chi connectivity index (χ3v) is 4.02. The Bertz CT molecular complexity index is 770. The first kappa shape index (κ1) is 15.0. The van der Waals surface area contributed by atoms with E-state index in [-0.39, 0.29) is 23.5 Å². The predicted molar refractivity (Wildman–Crippen MR) is 85.3 cm³/mol. The summed E-state index contributed by atoms with van der Waals surface area (Å²) in [5, 5.41) is 0.547. The zero-order chi connectivity index (χ0) is 15.7. The van der Waals surface area contributed by atoms with Crippen LogP contribution < -0.4 is 11.2 Å². The molecule has 22 heavy (non-hydrogen) atoms. The molecule has 0 bridgehead atoms. The maximum atomic E-state index is 12.5. The molecule has 2 heterocycles. The number of H-pyrrole nitrogens is 1. The molecule has 1 aromatic carbocycles. The van der Waals surface area contributed by atoms with Gasteiger partial charge in [-0.3, -0.25) is 14.3 Å². The van der Waals surface area contributed by atoms with Crippen molar-refractivity contribution >= 4 is 10.9 Å². The van der Waals surface area contributed by atoms with Crippen LogP contribution in [0.3, 0.4) is 0 Å². The monoisotopic (exact) mass is 303 g/mol. The lowest BCUT2D eigenvalue weighted by atomic mass is 10.2. The number of morpholine rings is 1. The Balaban J connectivity index is 1.82. The SMILES string of the molecule is CC1CN(CCn2c(=O)[nH]c3ccccc3c2=O)CC(C)O1. The number of rotatable bonds is 3. The van der Waals surface area contributed by atoms with Crippen molar-refractivity contribution in [2.45, 2.75) is 32.6 Å². The molecule has 118 valence electrons. The van der Waals surface area contributed by atoms with E-state index in [2.05, 4.69) is 9.88 Å². The highest BCUT2D eigenvalue weighted by Crippen LogP contribution is 2.10. The topological polar surface area (TPSA) is 67.3 Å². The summed E-state index contributed by atoms with van der Waals surface area (Å²) in [4.78, 5) is 29.6. The van der Waals surface area contributed by atoms with Gasteiger partial charge >= 0.3 is 5.69 Å². The summed E-state index contributed by atoms with van der Waals surface area (Å²) in [7, 11) is 0. The second-order valence-corrected chi connectivity index (χ2v) is 5.95. The number of benzene rings is 1. The Morgan fingerprint density at radius 1 is 1.14 bits per heavy atom. The molecule has 0 radical (unpaired) electrons. The van der Waals surface area contributed by atoms with Gasteiger partial charge in [-0.15, -0.1) is 0 Å². The fourth-order valence-corrected chi connectivity index (χ4v) is 3.11. The Labute approximate surface area is 128 Å². The molecule has 6 nitrogen and oxygen atoms in total. The summed E-state index contributed by atoms with van der Waals surface area (Å²) in [5.74, 6) is 0. The van der Waals surface area contributed by atoms with Crippen molar-refractivity contribution in [1.29, 1.82) is 0 Å². The largest absolute Gasteiger partial charge is 0.373 e. The molecule has 1 fully saturated rings. The van der Waals surface area contributed by atoms with Crippen LogP contribution in [0, 0.1) is 0 Å². The lowest BCUT2D eigenvalue weighted by Crippen LogP contribution is -2.48. The Kier molecular flexibility index (Phi) is 4.13. The normalized spacial score (nSPS) is 23.0. The fourth-order valence-electron chi connectivity index (χ4n) is 3.11. The lowest BCUT2D eigenvalue weighted by molar-refractivity contribution is -0.0686. The molecule has 1 aliphatic rings. The molecular formula is C16H21N3O3. The van der Waals surface area contributed by atoms with Gasteiger partial charge in [-0.25, -0.2) is 4.79 Å². The standard InChI is InChI=1S/C16H21N3O3/c1-11-9-18(10-12(2)22-11)7-8-19-15(20)13-5-3-4-6-14(13)17-16(19)21/h3-6,11-12H,7-10H2,1-2H3,(H,17,21). The van der Waals surface area contributed by atoms with Crippen molar-refractivity contribution in [3.8, 4) is 0 Å². The van der Waals surface area contributed by atoms with E-state index in [1.54, 1.807) is 24.3 Å². The molecule has 6 heteroatoms. The van der Waals surface area contributed by atoms with Gasteiger partial charge in [0.25, 0.3) is 5.56 Å². The van der Waals surface area contributed by atoms with Crippen LogP contribution in [-0.2, 0) is 11.3 Å². The van der Waals surface area contributed by atoms with E-state index in [0.29, 0.717) is 24.0 Å². The number of aromatic nitrogens is 2. The molecule has 2 atom stereocenters. The summed E-state index contributed by atoms with van der Waals surface area (Å²) in [6.07, 6.45) is 0.353. The van der Waals surface area contributed by atoms with E-state index in [4.69, 9.17) is 4.74 Å². The molecular weight excluding hydrogens is 282 g/mol. The Hall–Kier alpha value is -1.92. The van der Waals surface area contributed by atoms with Crippen molar-refractivity contribution < 1.29 is 4.74 Å². The number of aromatic amines is 1. The zero-order valence-corrected chi connectivity index (χ0v) is 12.9. The lowest BCUT2D eigenvalue weighted by Gasteiger charge is -2.35. The second-order valence-electron chi connectivity index (χ2n) is 5.95. The molecule has 0 saturated carbocycles. The molecule has 1 saturated heterocycles. The number of fused-ring (bicyclic) bond motifs is 1. The highest BCUT2D eigenvalue weighted by Gasteiger charge is 2.22. The summed E-state index contributed by atoms with van der Waals surface area (Å²) in [6, 6.07) is 7.09. The molecule has 2 unspecified atom stereocenters. The fraction of sp³-hybridized carbons (Fsp3) is 0.500. The van der Waals surface area contributed by atoms with Gasteiger partial charge in [0, 0.05) is 26.2 Å². The van der Waals surface area contributed by atoms with E-state index < -0.39 is 0 Å². The van der Waals surface area contributed by atoms with Gasteiger partial charge < -0.3 is 9.72 Å². The van der Waals surface area contributed by atoms with Crippen molar-refractivity contribution in [2.75, 3.05) is 19.6 Å². The van der Waals surface area contributed by atoms with Gasteiger partial charge in [0.1, 0.15) is 0 Å². The minimum Gasteiger partial charge on any atom is -0.373 e. The first-order valence-corrected chi connectivity index (χ1v) is 7.64. The van der Waals surface area contributed by atoms with Crippen LogP contribution in [0.5, 0.6) is 0 Å². The third-order valence-electron chi connectivity index (χ3n) is 4.02. The summed E-state index contributed by atoms with van der Waals surface area (Å²) < 4.78 is 6.98. The number of nitrogens with zero attached hydrogens (tertiary/aromatic N) is 2. The first-order valence-electron chi connectivity index (χ1n) is 7.64. The van der Waals surface area contributed by atoms with Gasteiger partial charge in [-0.2, -0.15) is 0 Å². The number of nitrogens with one attached hydrogen (secondary N) is 1. The van der Waals surface area contributed by atoms with Crippen molar-refractivity contribution in [3.63, 3.8) is 0 Å². The van der Waals surface area contributed by atoms with E-state index in [9.17, 15) is 9.59 Å². The van der Waals surface area contributed by atoms with Crippen LogP contribution in [0.4, 0.5) is 0 Å². The highest BCUT2D eigenvalue weighted by molar-refractivity contribution is 5.76. The molecule has 0 aliphatic carbocycles. The summed E-state index contributed by atoms with van der Waals surface area (Å²) in [6.45, 7) is 6.78. The number of para-hydroxylation sites is 1. The average molecular weight is 303 g/mol. The van der Waals surface area contributed by atoms with Crippen molar-refractivity contribution in [2.24, 2.45) is 0 Å². The summed E-state index contributed by atoms with van der Waals surface area (Å²) in [5.41, 5.74) is 0.00845. The van der Waals surface area contributed by atoms with E-state index >= 15 is 0 Å². The maximum Gasteiger partial charge on any atom is 0.328 e. The maximum absolute atomic E-state index is 12.5.